The topological polar surface area (TPSA) is 13.1 Å². The van der Waals surface area contributed by atoms with E-state index < -0.39 is 0 Å². The summed E-state index contributed by atoms with van der Waals surface area (Å²) >= 11 is 0. The molecule has 1 heteroatoms. The third-order valence-corrected chi connectivity index (χ3v) is 10.8. The number of fused-ring (bicyclic) bond motifs is 11. The van der Waals surface area contributed by atoms with Crippen LogP contribution in [0.5, 0.6) is 0 Å². The van der Waals surface area contributed by atoms with Gasteiger partial charge in [-0.3, -0.25) is 0 Å². The van der Waals surface area contributed by atoms with Crippen LogP contribution < -0.4 is 0 Å². The third kappa shape index (κ3) is 4.42. The van der Waals surface area contributed by atoms with E-state index in [0.29, 0.717) is 0 Å². The van der Waals surface area contributed by atoms with Crippen molar-refractivity contribution in [2.75, 3.05) is 0 Å². The molecule has 0 aliphatic rings. The maximum Gasteiger partial charge on any atom is 0.136 e. The summed E-state index contributed by atoms with van der Waals surface area (Å²) in [4.78, 5) is 0. The largest absolute Gasteiger partial charge is 0.456 e. The van der Waals surface area contributed by atoms with Crippen LogP contribution in [0.15, 0.2) is 186 Å². The summed E-state index contributed by atoms with van der Waals surface area (Å²) in [7, 11) is 0. The fraction of sp³-hybridized carbons (Fsp3) is 0. The molecule has 0 N–H and O–H groups in total. The molecule has 0 atom stereocenters. The van der Waals surface area contributed by atoms with Gasteiger partial charge < -0.3 is 4.42 Å². The molecule has 0 saturated heterocycles. The molecule has 1 aromatic heterocycles. The van der Waals surface area contributed by atoms with Gasteiger partial charge in [-0.25, -0.2) is 0 Å². The van der Waals surface area contributed by atoms with E-state index in [1.807, 2.05) is 6.07 Å². The Morgan fingerprint density at radius 3 is 1.57 bits per heavy atom. The quantitative estimate of drug-likeness (QED) is 0.174. The zero-order chi connectivity index (χ0) is 33.5. The minimum atomic E-state index is 0.907. The Morgan fingerprint density at radius 1 is 0.255 bits per heavy atom. The number of hydrogen-bond acceptors (Lipinski definition) is 1. The van der Waals surface area contributed by atoms with Crippen molar-refractivity contribution in [3.05, 3.63) is 182 Å². The highest BCUT2D eigenvalue weighted by Gasteiger charge is 2.15. The number of hydrogen-bond donors (Lipinski definition) is 0. The Morgan fingerprint density at radius 2 is 0.784 bits per heavy atom. The van der Waals surface area contributed by atoms with Gasteiger partial charge in [0.05, 0.1) is 0 Å². The van der Waals surface area contributed by atoms with Crippen molar-refractivity contribution in [3.63, 3.8) is 0 Å². The summed E-state index contributed by atoms with van der Waals surface area (Å²) in [5.74, 6) is 0. The van der Waals surface area contributed by atoms with Crippen LogP contribution in [0.2, 0.25) is 0 Å². The van der Waals surface area contributed by atoms with Crippen LogP contribution in [0.25, 0.3) is 109 Å². The molecule has 0 radical (unpaired) electrons. The molecular formula is C50H30O. The van der Waals surface area contributed by atoms with E-state index in [2.05, 4.69) is 176 Å². The predicted octanol–water partition coefficient (Wildman–Crippen LogP) is 14.4. The predicted molar refractivity (Wildman–Crippen MR) is 218 cm³/mol. The molecule has 0 spiro atoms. The minimum absolute atomic E-state index is 0.907. The maximum atomic E-state index is 6.47. The van der Waals surface area contributed by atoms with Crippen molar-refractivity contribution in [1.29, 1.82) is 0 Å². The number of rotatable bonds is 3. The fourth-order valence-electron chi connectivity index (χ4n) is 8.29. The molecule has 11 rings (SSSR count). The summed E-state index contributed by atoms with van der Waals surface area (Å²) in [6, 6.07) is 66.4. The van der Waals surface area contributed by atoms with E-state index >= 15 is 0 Å². The monoisotopic (exact) mass is 646 g/mol. The van der Waals surface area contributed by atoms with Gasteiger partial charge in [0.1, 0.15) is 11.2 Å². The second-order valence-corrected chi connectivity index (χ2v) is 13.7. The lowest BCUT2D eigenvalue weighted by molar-refractivity contribution is 0.669. The van der Waals surface area contributed by atoms with Gasteiger partial charge >= 0.3 is 0 Å². The number of benzene rings is 10. The van der Waals surface area contributed by atoms with Gasteiger partial charge in [-0.15, -0.1) is 0 Å². The lowest BCUT2D eigenvalue weighted by atomic mass is 9.88. The summed E-state index contributed by atoms with van der Waals surface area (Å²) in [5, 5.41) is 15.0. The SMILES string of the molecule is c1ccc(-c2ccc3c(c2)oc2cc(-c4ccc5ccc(-c6cc7ccc8ccc9ccccc9c8c7c7ccccc67)cc5c4)ccc23)cc1. The van der Waals surface area contributed by atoms with Crippen molar-refractivity contribution in [3.8, 4) is 33.4 Å². The molecule has 10 aromatic carbocycles. The van der Waals surface area contributed by atoms with Gasteiger partial charge in [0.25, 0.3) is 0 Å². The average Bonchev–Trinajstić information content (AvgIpc) is 3.57. The van der Waals surface area contributed by atoms with Gasteiger partial charge in [0.15, 0.2) is 0 Å². The molecule has 1 nitrogen and oxygen atoms in total. The molecule has 0 aliphatic carbocycles. The first-order valence-electron chi connectivity index (χ1n) is 17.6. The van der Waals surface area contributed by atoms with Crippen LogP contribution in [0, 0.1) is 0 Å². The van der Waals surface area contributed by atoms with E-state index in [9.17, 15) is 0 Å². The first-order chi connectivity index (χ1) is 25.2. The van der Waals surface area contributed by atoms with Crippen LogP contribution in [0.4, 0.5) is 0 Å². The molecule has 0 unspecified atom stereocenters. The normalized spacial score (nSPS) is 11.9. The van der Waals surface area contributed by atoms with Crippen molar-refractivity contribution in [2.45, 2.75) is 0 Å². The Bertz CT molecular complexity index is 3180. The summed E-state index contributed by atoms with van der Waals surface area (Å²) in [5.41, 5.74) is 8.96. The van der Waals surface area contributed by atoms with Gasteiger partial charge in [-0.05, 0) is 130 Å². The van der Waals surface area contributed by atoms with E-state index in [1.165, 1.54) is 76.1 Å². The van der Waals surface area contributed by atoms with Crippen LogP contribution in [-0.2, 0) is 0 Å². The highest BCUT2D eigenvalue weighted by atomic mass is 16.3. The van der Waals surface area contributed by atoms with Crippen LogP contribution in [0.3, 0.4) is 0 Å². The van der Waals surface area contributed by atoms with Crippen LogP contribution in [0.1, 0.15) is 0 Å². The molecule has 51 heavy (non-hydrogen) atoms. The molecule has 236 valence electrons. The van der Waals surface area contributed by atoms with E-state index in [1.54, 1.807) is 0 Å². The van der Waals surface area contributed by atoms with Gasteiger partial charge in [-0.2, -0.15) is 0 Å². The minimum Gasteiger partial charge on any atom is -0.456 e. The Labute approximate surface area is 294 Å². The summed E-state index contributed by atoms with van der Waals surface area (Å²) in [6.45, 7) is 0. The van der Waals surface area contributed by atoms with Crippen molar-refractivity contribution >= 4 is 75.8 Å². The first-order valence-corrected chi connectivity index (χ1v) is 17.6. The second kappa shape index (κ2) is 10.9. The molecular weight excluding hydrogens is 617 g/mol. The van der Waals surface area contributed by atoms with Gasteiger partial charge in [0, 0.05) is 10.8 Å². The summed E-state index contributed by atoms with van der Waals surface area (Å²) < 4.78 is 6.47. The maximum absolute atomic E-state index is 6.47. The van der Waals surface area contributed by atoms with Crippen molar-refractivity contribution in [1.82, 2.24) is 0 Å². The Kier molecular flexibility index (Phi) is 6.02. The molecule has 0 fully saturated rings. The Hall–Kier alpha value is -6.70. The van der Waals surface area contributed by atoms with Crippen molar-refractivity contribution < 1.29 is 4.42 Å². The standard InChI is InChI=1S/C50H30O/c1-2-8-31(9-3-1)36-22-24-43-44-25-23-37(30-48(44)51-47(43)29-36)35-19-14-32-15-20-38(27-40(32)26-35)46-28-39-21-18-34-17-16-33-10-4-5-11-41(33)49(34)50(39)45-13-7-6-12-42(45)46/h1-30H. The zero-order valence-corrected chi connectivity index (χ0v) is 27.7. The first kappa shape index (κ1) is 28.2. The van der Waals surface area contributed by atoms with Crippen molar-refractivity contribution in [2.24, 2.45) is 0 Å². The smallest absolute Gasteiger partial charge is 0.136 e. The van der Waals surface area contributed by atoms with E-state index in [4.69, 9.17) is 4.42 Å². The van der Waals surface area contributed by atoms with E-state index in [0.717, 1.165) is 33.1 Å². The molecule has 1 heterocycles. The number of furan rings is 1. The Balaban J connectivity index is 1.04. The fourth-order valence-corrected chi connectivity index (χ4v) is 8.29. The van der Waals surface area contributed by atoms with Crippen LogP contribution >= 0.6 is 0 Å². The van der Waals surface area contributed by atoms with Crippen LogP contribution in [-0.4, -0.2) is 0 Å². The highest BCUT2D eigenvalue weighted by molar-refractivity contribution is 6.29. The lowest BCUT2D eigenvalue weighted by Gasteiger charge is -2.15. The molecule has 0 bridgehead atoms. The molecule has 0 aliphatic heterocycles. The van der Waals surface area contributed by atoms with E-state index in [-0.39, 0.29) is 0 Å². The lowest BCUT2D eigenvalue weighted by Crippen LogP contribution is -1.88. The third-order valence-electron chi connectivity index (χ3n) is 10.8. The second-order valence-electron chi connectivity index (χ2n) is 13.7. The zero-order valence-electron chi connectivity index (χ0n) is 27.7. The molecule has 0 amide bonds. The van der Waals surface area contributed by atoms with Gasteiger partial charge in [0.2, 0.25) is 0 Å². The molecule has 11 aromatic rings. The molecule has 0 saturated carbocycles. The highest BCUT2D eigenvalue weighted by Crippen LogP contribution is 2.42. The summed E-state index contributed by atoms with van der Waals surface area (Å²) in [6.07, 6.45) is 0. The van der Waals surface area contributed by atoms with Gasteiger partial charge in [-0.1, -0.05) is 140 Å². The average molecular weight is 647 g/mol.